The minimum absolute atomic E-state index is 0. The fraction of sp³-hybridized carbons (Fsp3) is 0.250. The monoisotopic (exact) mass is 444 g/mol. The molecule has 0 aromatic heterocycles. The quantitative estimate of drug-likeness (QED) is 0.444. The SMILES string of the molecule is CCCCP(c1ccccc1)c1ccccc1.[O-][Cl+3]([O-])([O-])[O-].[Rh]. The topological polar surface area (TPSA) is 92.2 Å². The summed E-state index contributed by atoms with van der Waals surface area (Å²) in [4.78, 5) is 0. The van der Waals surface area contributed by atoms with Crippen LogP contribution in [0.1, 0.15) is 19.8 Å². The Morgan fingerprint density at radius 3 is 1.43 bits per heavy atom. The third kappa shape index (κ3) is 10.9. The Hall–Kier alpha value is -0.377. The first kappa shape index (κ1) is 22.6. The van der Waals surface area contributed by atoms with Gasteiger partial charge in [0.2, 0.25) is 0 Å². The molecule has 2 aromatic carbocycles. The molecule has 0 heterocycles. The van der Waals surface area contributed by atoms with E-state index < -0.39 is 10.2 Å². The minimum atomic E-state index is -4.94. The van der Waals surface area contributed by atoms with E-state index in [0.29, 0.717) is 0 Å². The van der Waals surface area contributed by atoms with Crippen molar-refractivity contribution < 1.29 is 48.4 Å². The van der Waals surface area contributed by atoms with Gasteiger partial charge in [-0.3, -0.25) is 0 Å². The molecule has 0 bridgehead atoms. The van der Waals surface area contributed by atoms with Crippen molar-refractivity contribution in [1.82, 2.24) is 0 Å². The first-order chi connectivity index (χ1) is 10.4. The molecule has 0 unspecified atom stereocenters. The van der Waals surface area contributed by atoms with E-state index in [4.69, 9.17) is 18.6 Å². The van der Waals surface area contributed by atoms with Gasteiger partial charge in [0.05, 0.1) is 0 Å². The number of halogens is 1. The molecule has 0 saturated carbocycles. The van der Waals surface area contributed by atoms with Crippen molar-refractivity contribution in [2.75, 3.05) is 6.16 Å². The van der Waals surface area contributed by atoms with Crippen molar-refractivity contribution in [1.29, 1.82) is 0 Å². The van der Waals surface area contributed by atoms with Gasteiger partial charge in [0.15, 0.2) is 0 Å². The zero-order valence-corrected chi connectivity index (χ0v) is 16.0. The predicted molar refractivity (Wildman–Crippen MR) is 78.8 cm³/mol. The van der Waals surface area contributed by atoms with E-state index in [9.17, 15) is 0 Å². The molecule has 129 valence electrons. The molecule has 0 atom stereocenters. The van der Waals surface area contributed by atoms with Crippen molar-refractivity contribution in [3.63, 3.8) is 0 Å². The number of rotatable bonds is 5. The zero-order chi connectivity index (χ0) is 16.4. The maximum absolute atomic E-state index is 8.49. The first-order valence-electron chi connectivity index (χ1n) is 6.91. The average molecular weight is 445 g/mol. The van der Waals surface area contributed by atoms with Gasteiger partial charge in [-0.15, -0.1) is 10.2 Å². The molecule has 2 aromatic rings. The minimum Gasteiger partial charge on any atom is -0.222 e. The molecular formula is C16H19ClO4PRh-. The Bertz CT molecular complexity index is 477. The molecule has 0 N–H and O–H groups in total. The molecule has 23 heavy (non-hydrogen) atoms. The second-order valence-electron chi connectivity index (χ2n) is 4.55. The van der Waals surface area contributed by atoms with Crippen LogP contribution < -0.4 is 29.2 Å². The van der Waals surface area contributed by atoms with Gasteiger partial charge in [-0.05, 0) is 31.1 Å². The van der Waals surface area contributed by atoms with Crippen LogP contribution in [0.25, 0.3) is 0 Å². The van der Waals surface area contributed by atoms with Crippen LogP contribution in [-0.4, -0.2) is 6.16 Å². The summed E-state index contributed by atoms with van der Waals surface area (Å²) in [6.45, 7) is 2.27. The van der Waals surface area contributed by atoms with Crippen molar-refractivity contribution in [3.05, 3.63) is 60.7 Å². The van der Waals surface area contributed by atoms with E-state index in [1.54, 1.807) is 0 Å². The van der Waals surface area contributed by atoms with Gasteiger partial charge in [0.25, 0.3) is 0 Å². The molecule has 0 aliphatic rings. The second kappa shape index (κ2) is 12.1. The van der Waals surface area contributed by atoms with E-state index >= 15 is 0 Å². The average Bonchev–Trinajstić information content (AvgIpc) is 2.48. The first-order valence-corrected chi connectivity index (χ1v) is 9.67. The molecule has 0 aliphatic heterocycles. The van der Waals surface area contributed by atoms with Gasteiger partial charge < -0.3 is 0 Å². The number of hydrogen-bond donors (Lipinski definition) is 0. The number of unbranched alkanes of at least 4 members (excludes halogenated alkanes) is 1. The maximum atomic E-state index is 8.49. The van der Waals surface area contributed by atoms with E-state index in [0.717, 1.165) is 0 Å². The van der Waals surface area contributed by atoms with Crippen LogP contribution in [-0.2, 0) is 19.5 Å². The van der Waals surface area contributed by atoms with Crippen molar-refractivity contribution in [2.24, 2.45) is 0 Å². The molecule has 0 aliphatic carbocycles. The molecule has 4 nitrogen and oxygen atoms in total. The predicted octanol–water partition coefficient (Wildman–Crippen LogP) is -0.839. The zero-order valence-electron chi connectivity index (χ0n) is 12.7. The fourth-order valence-electron chi connectivity index (χ4n) is 1.94. The molecule has 0 amide bonds. The van der Waals surface area contributed by atoms with Gasteiger partial charge >= 0.3 is 0 Å². The summed E-state index contributed by atoms with van der Waals surface area (Å²) in [5, 5.41) is 3.00. The maximum Gasteiger partial charge on any atom is 0 e. The molecular weight excluding hydrogens is 426 g/mol. The third-order valence-electron chi connectivity index (χ3n) is 2.87. The van der Waals surface area contributed by atoms with E-state index in [1.807, 2.05) is 0 Å². The smallest absolute Gasteiger partial charge is 0 e. The van der Waals surface area contributed by atoms with Gasteiger partial charge in [-0.1, -0.05) is 74.0 Å². The summed E-state index contributed by atoms with van der Waals surface area (Å²) < 4.78 is 34.0. The Labute approximate surface area is 153 Å². The van der Waals surface area contributed by atoms with Gasteiger partial charge in [-0.2, -0.15) is 0 Å². The molecule has 2 rings (SSSR count). The molecule has 7 heteroatoms. The Morgan fingerprint density at radius 2 is 1.13 bits per heavy atom. The van der Waals surface area contributed by atoms with Crippen molar-refractivity contribution in [2.45, 2.75) is 19.8 Å². The Balaban J connectivity index is 0.000000709. The van der Waals surface area contributed by atoms with Gasteiger partial charge in [0, 0.05) is 19.5 Å². The summed E-state index contributed by atoms with van der Waals surface area (Å²) in [6, 6.07) is 21.9. The summed E-state index contributed by atoms with van der Waals surface area (Å²) in [5.74, 6) is 0. The third-order valence-corrected chi connectivity index (χ3v) is 5.48. The van der Waals surface area contributed by atoms with Crippen LogP contribution in [0.5, 0.6) is 0 Å². The van der Waals surface area contributed by atoms with Crippen molar-refractivity contribution in [3.8, 4) is 0 Å². The summed E-state index contributed by atoms with van der Waals surface area (Å²) in [5.41, 5.74) is 0. The Morgan fingerprint density at radius 1 is 0.783 bits per heavy atom. The van der Waals surface area contributed by atoms with Crippen LogP contribution in [0.15, 0.2) is 60.7 Å². The fourth-order valence-corrected chi connectivity index (χ4v) is 4.45. The normalized spacial score (nSPS) is 10.5. The van der Waals surface area contributed by atoms with Gasteiger partial charge in [0.1, 0.15) is 0 Å². The van der Waals surface area contributed by atoms with Crippen LogP contribution in [0.2, 0.25) is 0 Å². The van der Waals surface area contributed by atoms with E-state index in [-0.39, 0.29) is 27.4 Å². The molecule has 0 spiro atoms. The standard InChI is InChI=1S/C16H19P.ClHO4.Rh/c1-2-3-14-17(15-10-6-4-7-11-15)16-12-8-5-9-13-16;2-1(3,4)5;/h4-13H,2-3,14H2,1H3;(H,2,3,4,5);/p-1. The van der Waals surface area contributed by atoms with E-state index in [1.165, 1.54) is 29.6 Å². The second-order valence-corrected chi connectivity index (χ2v) is 7.65. The molecule has 0 fully saturated rings. The molecule has 1 radical (unpaired) electrons. The summed E-state index contributed by atoms with van der Waals surface area (Å²) in [7, 11) is -5.10. The number of benzene rings is 2. The van der Waals surface area contributed by atoms with Crippen LogP contribution in [0.4, 0.5) is 0 Å². The van der Waals surface area contributed by atoms with Crippen LogP contribution in [0, 0.1) is 10.2 Å². The largest absolute Gasteiger partial charge is 0.222 e. The number of hydrogen-bond acceptors (Lipinski definition) is 4. The van der Waals surface area contributed by atoms with Gasteiger partial charge in [-0.25, -0.2) is 18.6 Å². The van der Waals surface area contributed by atoms with E-state index in [2.05, 4.69) is 67.6 Å². The van der Waals surface area contributed by atoms with Crippen LogP contribution >= 0.6 is 7.92 Å². The van der Waals surface area contributed by atoms with Crippen molar-refractivity contribution >= 4 is 18.5 Å². The summed E-state index contributed by atoms with van der Waals surface area (Å²) in [6.07, 6.45) is 3.90. The Kier molecular flexibility index (Phi) is 11.9. The van der Waals surface area contributed by atoms with Crippen LogP contribution in [0.3, 0.4) is 0 Å². The summed E-state index contributed by atoms with van der Waals surface area (Å²) >= 11 is 0. The molecule has 0 saturated heterocycles.